The van der Waals surface area contributed by atoms with Gasteiger partial charge in [-0.3, -0.25) is 4.90 Å². The van der Waals surface area contributed by atoms with Gasteiger partial charge in [-0.2, -0.15) is 5.26 Å². The van der Waals surface area contributed by atoms with Gasteiger partial charge in [0.05, 0.1) is 12.0 Å². The molecule has 0 spiro atoms. The highest BCUT2D eigenvalue weighted by Crippen LogP contribution is 2.39. The van der Waals surface area contributed by atoms with Gasteiger partial charge in [-0.25, -0.2) is 0 Å². The maximum atomic E-state index is 8.73. The van der Waals surface area contributed by atoms with E-state index in [1.54, 1.807) is 0 Å². The zero-order valence-electron chi connectivity index (χ0n) is 6.25. The van der Waals surface area contributed by atoms with E-state index in [1.807, 2.05) is 0 Å². The normalized spacial score (nSPS) is 45.8. The highest BCUT2D eigenvalue weighted by molar-refractivity contribution is 5.06. The molecule has 0 N–H and O–H groups in total. The molecule has 0 aromatic carbocycles. The van der Waals surface area contributed by atoms with Crippen molar-refractivity contribution < 1.29 is 0 Å². The van der Waals surface area contributed by atoms with Crippen LogP contribution in [0.2, 0.25) is 0 Å². The first-order valence-electron chi connectivity index (χ1n) is 3.94. The second kappa shape index (κ2) is 1.96. The summed E-state index contributed by atoms with van der Waals surface area (Å²) < 4.78 is 0. The van der Waals surface area contributed by atoms with Crippen LogP contribution in [0.25, 0.3) is 0 Å². The molecule has 2 heterocycles. The summed E-state index contributed by atoms with van der Waals surface area (Å²) in [5, 5.41) is 8.73. The third-order valence-electron chi connectivity index (χ3n) is 3.05. The number of nitrogens with zero attached hydrogens (tertiary/aromatic N) is 2. The molecular formula is C8H12N2. The van der Waals surface area contributed by atoms with Gasteiger partial charge in [0.1, 0.15) is 0 Å². The maximum Gasteiger partial charge on any atom is 0.0672 e. The van der Waals surface area contributed by atoms with E-state index in [0.717, 1.165) is 12.5 Å². The molecule has 10 heavy (non-hydrogen) atoms. The molecule has 2 aliphatic rings. The average molecular weight is 136 g/mol. The summed E-state index contributed by atoms with van der Waals surface area (Å²) in [5.41, 5.74) is 0. The summed E-state index contributed by atoms with van der Waals surface area (Å²) in [4.78, 5) is 2.38. The van der Waals surface area contributed by atoms with Crippen molar-refractivity contribution in [2.24, 2.45) is 5.92 Å². The van der Waals surface area contributed by atoms with Crippen LogP contribution in [-0.4, -0.2) is 24.0 Å². The lowest BCUT2D eigenvalue weighted by molar-refractivity contribution is 0.304. The van der Waals surface area contributed by atoms with E-state index in [9.17, 15) is 0 Å². The van der Waals surface area contributed by atoms with Gasteiger partial charge < -0.3 is 0 Å². The van der Waals surface area contributed by atoms with Crippen LogP contribution in [0, 0.1) is 17.2 Å². The van der Waals surface area contributed by atoms with Crippen molar-refractivity contribution in [1.82, 2.24) is 4.90 Å². The van der Waals surface area contributed by atoms with E-state index in [1.165, 1.54) is 12.8 Å². The Morgan fingerprint density at radius 2 is 2.30 bits per heavy atom. The van der Waals surface area contributed by atoms with Crippen molar-refractivity contribution in [2.45, 2.75) is 31.3 Å². The first-order valence-corrected chi connectivity index (χ1v) is 3.94. The summed E-state index contributed by atoms with van der Waals surface area (Å²) >= 11 is 0. The van der Waals surface area contributed by atoms with Crippen LogP contribution in [0.5, 0.6) is 0 Å². The largest absolute Gasteiger partial charge is 0.299 e. The molecule has 2 saturated heterocycles. The van der Waals surface area contributed by atoms with Crippen LogP contribution in [-0.2, 0) is 0 Å². The van der Waals surface area contributed by atoms with E-state index in [0.29, 0.717) is 12.0 Å². The van der Waals surface area contributed by atoms with E-state index in [4.69, 9.17) is 5.26 Å². The lowest BCUT2D eigenvalue weighted by atomic mass is 9.91. The molecule has 0 aromatic rings. The van der Waals surface area contributed by atoms with Crippen molar-refractivity contribution in [2.75, 3.05) is 7.05 Å². The number of hydrogen-bond acceptors (Lipinski definition) is 2. The van der Waals surface area contributed by atoms with Crippen molar-refractivity contribution in [3.63, 3.8) is 0 Å². The number of rotatable bonds is 0. The molecule has 0 saturated carbocycles. The minimum atomic E-state index is 0.337. The third kappa shape index (κ3) is 0.615. The molecule has 2 fully saturated rings. The number of hydrogen-bond donors (Lipinski definition) is 0. The fourth-order valence-corrected chi connectivity index (χ4v) is 2.40. The Morgan fingerprint density at radius 1 is 1.50 bits per heavy atom. The van der Waals surface area contributed by atoms with Crippen molar-refractivity contribution in [3.05, 3.63) is 0 Å². The molecule has 0 aromatic heterocycles. The van der Waals surface area contributed by atoms with E-state index < -0.39 is 0 Å². The minimum absolute atomic E-state index is 0.337. The summed E-state index contributed by atoms with van der Waals surface area (Å²) in [7, 11) is 2.15. The predicted octanol–water partition coefficient (Wildman–Crippen LogP) is 0.993. The molecule has 3 atom stereocenters. The van der Waals surface area contributed by atoms with Crippen molar-refractivity contribution in [3.8, 4) is 6.07 Å². The first-order chi connectivity index (χ1) is 4.83. The van der Waals surface area contributed by atoms with Crippen LogP contribution < -0.4 is 0 Å². The quantitative estimate of drug-likeness (QED) is 0.496. The van der Waals surface area contributed by atoms with Crippen LogP contribution in [0.15, 0.2) is 0 Å². The minimum Gasteiger partial charge on any atom is -0.299 e. The Kier molecular flexibility index (Phi) is 1.21. The second-order valence-corrected chi connectivity index (χ2v) is 3.44. The molecule has 2 rings (SSSR count). The molecule has 0 aliphatic carbocycles. The van der Waals surface area contributed by atoms with Gasteiger partial charge >= 0.3 is 0 Å². The SMILES string of the molecule is CN1C2CCC1C(C#N)C2. The van der Waals surface area contributed by atoms with Crippen LogP contribution in [0.3, 0.4) is 0 Å². The zero-order chi connectivity index (χ0) is 7.14. The molecular weight excluding hydrogens is 124 g/mol. The molecule has 2 aliphatic heterocycles. The zero-order valence-corrected chi connectivity index (χ0v) is 6.25. The monoisotopic (exact) mass is 136 g/mol. The molecule has 3 unspecified atom stereocenters. The summed E-state index contributed by atoms with van der Waals surface area (Å²) in [6.45, 7) is 0. The molecule has 2 heteroatoms. The highest BCUT2D eigenvalue weighted by atomic mass is 15.2. The Bertz CT molecular complexity index is 182. The number of fused-ring (bicyclic) bond motifs is 2. The predicted molar refractivity (Wildman–Crippen MR) is 38.3 cm³/mol. The Hall–Kier alpha value is -0.550. The van der Waals surface area contributed by atoms with Gasteiger partial charge in [-0.15, -0.1) is 0 Å². The van der Waals surface area contributed by atoms with Crippen LogP contribution in [0.4, 0.5) is 0 Å². The second-order valence-electron chi connectivity index (χ2n) is 3.44. The highest BCUT2D eigenvalue weighted by Gasteiger charge is 2.43. The van der Waals surface area contributed by atoms with Crippen molar-refractivity contribution in [1.29, 1.82) is 5.26 Å². The molecule has 2 bridgehead atoms. The lowest BCUT2D eigenvalue weighted by Gasteiger charge is -2.14. The van der Waals surface area contributed by atoms with Gasteiger partial charge in [0.25, 0.3) is 0 Å². The van der Waals surface area contributed by atoms with Gasteiger partial charge in [-0.1, -0.05) is 0 Å². The fraction of sp³-hybridized carbons (Fsp3) is 0.875. The van der Waals surface area contributed by atoms with E-state index in [-0.39, 0.29) is 0 Å². The molecule has 0 amide bonds. The van der Waals surface area contributed by atoms with Gasteiger partial charge in [-0.05, 0) is 26.3 Å². The van der Waals surface area contributed by atoms with E-state index >= 15 is 0 Å². The standard InChI is InChI=1S/C8H12N2/c1-10-7-2-3-8(10)6(4-7)5-9/h6-8H,2-4H2,1H3. The lowest BCUT2D eigenvalue weighted by Crippen LogP contribution is -2.25. The summed E-state index contributed by atoms with van der Waals surface area (Å²) in [6.07, 6.45) is 3.69. The van der Waals surface area contributed by atoms with E-state index in [2.05, 4.69) is 18.0 Å². The van der Waals surface area contributed by atoms with Crippen LogP contribution in [0.1, 0.15) is 19.3 Å². The van der Waals surface area contributed by atoms with Gasteiger partial charge in [0, 0.05) is 12.1 Å². The molecule has 54 valence electrons. The Morgan fingerprint density at radius 3 is 2.60 bits per heavy atom. The average Bonchev–Trinajstić information content (AvgIpc) is 2.46. The molecule has 2 nitrogen and oxygen atoms in total. The molecule has 0 radical (unpaired) electrons. The van der Waals surface area contributed by atoms with Crippen LogP contribution >= 0.6 is 0 Å². The summed E-state index contributed by atoms with van der Waals surface area (Å²) in [5.74, 6) is 0.337. The smallest absolute Gasteiger partial charge is 0.0672 e. The van der Waals surface area contributed by atoms with Gasteiger partial charge in [0.2, 0.25) is 0 Å². The van der Waals surface area contributed by atoms with Gasteiger partial charge in [0.15, 0.2) is 0 Å². The Balaban J connectivity index is 2.17. The first kappa shape index (κ1) is 6.18. The Labute approximate surface area is 61.4 Å². The summed E-state index contributed by atoms with van der Waals surface area (Å²) in [6, 6.07) is 3.71. The number of nitriles is 1. The van der Waals surface area contributed by atoms with Crippen molar-refractivity contribution >= 4 is 0 Å². The topological polar surface area (TPSA) is 27.0 Å². The maximum absolute atomic E-state index is 8.73. The fourth-order valence-electron chi connectivity index (χ4n) is 2.40. The third-order valence-corrected chi connectivity index (χ3v) is 3.05.